The normalized spacial score (nSPS) is 16.6. The van der Waals surface area contributed by atoms with E-state index in [-0.39, 0.29) is 5.91 Å². The summed E-state index contributed by atoms with van der Waals surface area (Å²) in [5, 5.41) is 5.13. The fourth-order valence-corrected chi connectivity index (χ4v) is 3.99. The molecule has 0 atom stereocenters. The Hall–Kier alpha value is -1.85. The van der Waals surface area contributed by atoms with Gasteiger partial charge in [0.05, 0.1) is 19.2 Å². The van der Waals surface area contributed by atoms with Crippen molar-refractivity contribution in [1.82, 2.24) is 5.32 Å². The summed E-state index contributed by atoms with van der Waals surface area (Å²) < 4.78 is 5.19. The first-order valence-electron chi connectivity index (χ1n) is 8.40. The van der Waals surface area contributed by atoms with Gasteiger partial charge in [-0.15, -0.1) is 11.3 Å². The molecule has 0 saturated heterocycles. The molecule has 1 aliphatic rings. The van der Waals surface area contributed by atoms with Crippen LogP contribution in [0.1, 0.15) is 37.0 Å². The molecule has 24 heavy (non-hydrogen) atoms. The Morgan fingerprint density at radius 1 is 1.21 bits per heavy atom. The van der Waals surface area contributed by atoms with Crippen LogP contribution in [0.25, 0.3) is 11.1 Å². The second kappa shape index (κ2) is 7.36. The minimum Gasteiger partial charge on any atom is -0.497 e. The maximum atomic E-state index is 12.4. The van der Waals surface area contributed by atoms with Crippen LogP contribution in [0.15, 0.2) is 35.7 Å². The van der Waals surface area contributed by atoms with E-state index in [2.05, 4.69) is 16.8 Å². The number of rotatable bonds is 5. The monoisotopic (exact) mass is 344 g/mol. The van der Waals surface area contributed by atoms with E-state index < -0.39 is 5.54 Å². The lowest BCUT2D eigenvalue weighted by Crippen LogP contribution is -2.54. The molecule has 0 spiro atoms. The van der Waals surface area contributed by atoms with Crippen LogP contribution in [-0.2, 0) is 11.3 Å². The molecule has 2 aromatic rings. The Morgan fingerprint density at radius 2 is 1.92 bits per heavy atom. The van der Waals surface area contributed by atoms with Crippen molar-refractivity contribution in [3.63, 3.8) is 0 Å². The summed E-state index contributed by atoms with van der Waals surface area (Å²) >= 11 is 1.66. The van der Waals surface area contributed by atoms with Crippen LogP contribution >= 0.6 is 11.3 Å². The molecule has 4 nitrogen and oxygen atoms in total. The highest BCUT2D eigenvalue weighted by Gasteiger charge is 2.34. The quantitative estimate of drug-likeness (QED) is 0.869. The molecule has 1 aromatic carbocycles. The number of carbonyl (C=O) groups excluding carboxylic acids is 1. The Balaban J connectivity index is 1.60. The fraction of sp³-hybridized carbons (Fsp3) is 0.421. The molecule has 1 fully saturated rings. The summed E-state index contributed by atoms with van der Waals surface area (Å²) in [6.45, 7) is 0.540. The third-order valence-corrected chi connectivity index (χ3v) is 5.63. The highest BCUT2D eigenvalue weighted by atomic mass is 32.1. The third kappa shape index (κ3) is 3.79. The smallest absolute Gasteiger partial charge is 0.240 e. The number of hydrogen-bond donors (Lipinski definition) is 2. The van der Waals surface area contributed by atoms with Crippen LogP contribution in [0.5, 0.6) is 5.75 Å². The van der Waals surface area contributed by atoms with Gasteiger partial charge in [0.15, 0.2) is 0 Å². The van der Waals surface area contributed by atoms with E-state index in [4.69, 9.17) is 10.5 Å². The lowest BCUT2D eigenvalue weighted by atomic mass is 9.82. The van der Waals surface area contributed by atoms with Gasteiger partial charge in [0, 0.05) is 4.88 Å². The Kier molecular flexibility index (Phi) is 5.21. The zero-order chi connectivity index (χ0) is 17.0. The van der Waals surface area contributed by atoms with Crippen molar-refractivity contribution in [2.45, 2.75) is 44.2 Å². The van der Waals surface area contributed by atoms with Crippen molar-refractivity contribution < 1.29 is 9.53 Å². The maximum Gasteiger partial charge on any atom is 0.240 e. The summed E-state index contributed by atoms with van der Waals surface area (Å²) in [5.74, 6) is 0.837. The molecule has 128 valence electrons. The number of amides is 1. The second-order valence-corrected chi connectivity index (χ2v) is 7.43. The zero-order valence-corrected chi connectivity index (χ0v) is 14.8. The third-order valence-electron chi connectivity index (χ3n) is 4.70. The molecule has 0 radical (unpaired) electrons. The Labute approximate surface area is 147 Å². The molecule has 1 heterocycles. The number of ether oxygens (including phenoxy) is 1. The van der Waals surface area contributed by atoms with E-state index in [1.54, 1.807) is 18.4 Å². The van der Waals surface area contributed by atoms with Crippen LogP contribution in [0, 0.1) is 0 Å². The van der Waals surface area contributed by atoms with E-state index in [0.717, 1.165) is 47.4 Å². The van der Waals surface area contributed by atoms with Gasteiger partial charge in [0.25, 0.3) is 0 Å². The average molecular weight is 344 g/mol. The van der Waals surface area contributed by atoms with Gasteiger partial charge in [-0.1, -0.05) is 31.4 Å². The molecular formula is C19H24N2O2S. The van der Waals surface area contributed by atoms with Crippen molar-refractivity contribution in [1.29, 1.82) is 0 Å². The van der Waals surface area contributed by atoms with Crippen LogP contribution in [0.4, 0.5) is 0 Å². The number of carbonyl (C=O) groups is 1. The molecule has 1 saturated carbocycles. The van der Waals surface area contributed by atoms with E-state index in [1.165, 1.54) is 6.42 Å². The summed E-state index contributed by atoms with van der Waals surface area (Å²) in [6.07, 6.45) is 4.86. The van der Waals surface area contributed by atoms with Gasteiger partial charge in [-0.2, -0.15) is 0 Å². The van der Waals surface area contributed by atoms with Crippen molar-refractivity contribution in [2.24, 2.45) is 5.73 Å². The largest absolute Gasteiger partial charge is 0.497 e. The fourth-order valence-electron chi connectivity index (χ4n) is 3.16. The van der Waals surface area contributed by atoms with Gasteiger partial charge >= 0.3 is 0 Å². The first-order valence-corrected chi connectivity index (χ1v) is 9.28. The van der Waals surface area contributed by atoms with Gasteiger partial charge in [-0.25, -0.2) is 0 Å². The maximum absolute atomic E-state index is 12.4. The molecule has 3 rings (SSSR count). The summed E-state index contributed by atoms with van der Waals surface area (Å²) in [5.41, 5.74) is 7.90. The van der Waals surface area contributed by atoms with Gasteiger partial charge < -0.3 is 15.8 Å². The van der Waals surface area contributed by atoms with Crippen LogP contribution in [-0.4, -0.2) is 18.6 Å². The molecule has 5 heteroatoms. The lowest BCUT2D eigenvalue weighted by Gasteiger charge is -2.31. The molecule has 3 N–H and O–H groups in total. The minimum absolute atomic E-state index is 0.0124. The summed E-state index contributed by atoms with van der Waals surface area (Å²) in [4.78, 5) is 13.5. The van der Waals surface area contributed by atoms with Crippen LogP contribution in [0.3, 0.4) is 0 Å². The summed E-state index contributed by atoms with van der Waals surface area (Å²) in [6, 6.07) is 10.1. The predicted molar refractivity (Wildman–Crippen MR) is 98.2 cm³/mol. The summed E-state index contributed by atoms with van der Waals surface area (Å²) in [7, 11) is 1.66. The second-order valence-electron chi connectivity index (χ2n) is 6.43. The molecule has 1 aliphatic carbocycles. The van der Waals surface area contributed by atoms with Crippen molar-refractivity contribution in [3.05, 3.63) is 40.6 Å². The number of nitrogens with one attached hydrogen (secondary N) is 1. The highest BCUT2D eigenvalue weighted by Crippen LogP contribution is 2.28. The van der Waals surface area contributed by atoms with Crippen molar-refractivity contribution in [2.75, 3.05) is 7.11 Å². The van der Waals surface area contributed by atoms with E-state index >= 15 is 0 Å². The molecular weight excluding hydrogens is 320 g/mol. The number of benzene rings is 1. The highest BCUT2D eigenvalue weighted by molar-refractivity contribution is 7.10. The minimum atomic E-state index is -0.672. The Bertz CT molecular complexity index is 688. The van der Waals surface area contributed by atoms with Crippen molar-refractivity contribution in [3.8, 4) is 16.9 Å². The van der Waals surface area contributed by atoms with Crippen molar-refractivity contribution >= 4 is 17.2 Å². The SMILES string of the molecule is COc1ccc(-c2csc(CNC(=O)C3(N)CCCCC3)c2)cc1. The molecule has 0 bridgehead atoms. The average Bonchev–Trinajstić information content (AvgIpc) is 3.09. The first kappa shape index (κ1) is 17.0. The van der Waals surface area contributed by atoms with E-state index in [0.29, 0.717) is 6.54 Å². The molecule has 0 unspecified atom stereocenters. The molecule has 1 amide bonds. The standard InChI is InChI=1S/C19H24N2O2S/c1-23-16-7-5-14(6-8-16)15-11-17(24-13-15)12-21-18(22)19(20)9-3-2-4-10-19/h5-8,11,13H,2-4,9-10,12,20H2,1H3,(H,21,22). The first-order chi connectivity index (χ1) is 11.6. The lowest BCUT2D eigenvalue weighted by molar-refractivity contribution is -0.127. The topological polar surface area (TPSA) is 64.3 Å². The number of nitrogens with two attached hydrogens (primary N) is 1. The Morgan fingerprint density at radius 3 is 2.58 bits per heavy atom. The van der Waals surface area contributed by atoms with Crippen LogP contribution < -0.4 is 15.8 Å². The van der Waals surface area contributed by atoms with Gasteiger partial charge in [0.1, 0.15) is 5.75 Å². The predicted octanol–water partition coefficient (Wildman–Crippen LogP) is 3.70. The van der Waals surface area contributed by atoms with Gasteiger partial charge in [0.2, 0.25) is 5.91 Å². The van der Waals surface area contributed by atoms with E-state index in [1.807, 2.05) is 24.3 Å². The zero-order valence-electron chi connectivity index (χ0n) is 14.0. The number of thiophene rings is 1. The van der Waals surface area contributed by atoms with E-state index in [9.17, 15) is 4.79 Å². The number of hydrogen-bond acceptors (Lipinski definition) is 4. The van der Waals surface area contributed by atoms with Gasteiger partial charge in [-0.3, -0.25) is 4.79 Å². The van der Waals surface area contributed by atoms with Crippen LogP contribution in [0.2, 0.25) is 0 Å². The molecule has 0 aliphatic heterocycles. The molecule has 1 aromatic heterocycles. The number of methoxy groups -OCH3 is 1. The van der Waals surface area contributed by atoms with Gasteiger partial charge in [-0.05, 0) is 47.5 Å².